The van der Waals surface area contributed by atoms with Crippen LogP contribution in [0.3, 0.4) is 0 Å². The summed E-state index contributed by atoms with van der Waals surface area (Å²) in [5.74, 6) is 1.64. The van der Waals surface area contributed by atoms with Gasteiger partial charge in [0.2, 0.25) is 5.95 Å². The first-order valence-corrected chi connectivity index (χ1v) is 11.0. The maximum atomic E-state index is 6.13. The molecule has 1 fully saturated rings. The first kappa shape index (κ1) is 20.3. The molecule has 8 nitrogen and oxygen atoms in total. The number of nitrogen functional groups attached to an aromatic ring is 1. The van der Waals surface area contributed by atoms with Crippen molar-refractivity contribution in [3.8, 4) is 17.0 Å². The number of fused-ring (bicyclic) bond motifs is 1. The van der Waals surface area contributed by atoms with Crippen LogP contribution < -0.4 is 15.4 Å². The SMILES string of the molecule is CCOc1ccccc1-c1nc2ccc(N)cn2c1CN1CCN(c2ncccn2)CC1. The van der Waals surface area contributed by atoms with Crippen molar-refractivity contribution in [2.45, 2.75) is 13.5 Å². The molecule has 0 radical (unpaired) electrons. The van der Waals surface area contributed by atoms with E-state index in [-0.39, 0.29) is 0 Å². The van der Waals surface area contributed by atoms with Gasteiger partial charge in [0.05, 0.1) is 18.0 Å². The van der Waals surface area contributed by atoms with Gasteiger partial charge in [0, 0.05) is 62.6 Å². The van der Waals surface area contributed by atoms with Crippen LogP contribution in [0.5, 0.6) is 5.75 Å². The Bertz CT molecular complexity index is 1200. The second-order valence-corrected chi connectivity index (χ2v) is 7.84. The van der Waals surface area contributed by atoms with Gasteiger partial charge < -0.3 is 19.8 Å². The molecular formula is C24H27N7O. The fraction of sp³-hybridized carbons (Fsp3) is 0.292. The van der Waals surface area contributed by atoms with Gasteiger partial charge in [-0.1, -0.05) is 12.1 Å². The molecule has 4 heterocycles. The van der Waals surface area contributed by atoms with E-state index < -0.39 is 0 Å². The van der Waals surface area contributed by atoms with Crippen LogP contribution in [0.25, 0.3) is 16.9 Å². The minimum absolute atomic E-state index is 0.607. The van der Waals surface area contributed by atoms with Gasteiger partial charge in [0.25, 0.3) is 0 Å². The highest BCUT2D eigenvalue weighted by molar-refractivity contribution is 5.72. The van der Waals surface area contributed by atoms with E-state index in [0.29, 0.717) is 12.3 Å². The molecule has 3 aromatic heterocycles. The third kappa shape index (κ3) is 3.97. The number of nitrogens with two attached hydrogens (primary N) is 1. The Hall–Kier alpha value is -3.65. The van der Waals surface area contributed by atoms with Crippen LogP contribution in [-0.2, 0) is 6.54 Å². The zero-order valence-corrected chi connectivity index (χ0v) is 18.2. The van der Waals surface area contributed by atoms with E-state index in [9.17, 15) is 0 Å². The lowest BCUT2D eigenvalue weighted by Crippen LogP contribution is -2.46. The van der Waals surface area contributed by atoms with Gasteiger partial charge in [-0.15, -0.1) is 0 Å². The normalized spacial score (nSPS) is 14.7. The van der Waals surface area contributed by atoms with Gasteiger partial charge in [0.1, 0.15) is 11.4 Å². The minimum atomic E-state index is 0.607. The third-order valence-corrected chi connectivity index (χ3v) is 5.76. The first-order valence-electron chi connectivity index (χ1n) is 11.0. The van der Waals surface area contributed by atoms with Gasteiger partial charge >= 0.3 is 0 Å². The fourth-order valence-electron chi connectivity index (χ4n) is 4.19. The number of anilines is 2. The predicted molar refractivity (Wildman–Crippen MR) is 126 cm³/mol. The number of aromatic nitrogens is 4. The molecule has 4 aromatic rings. The Balaban J connectivity index is 1.46. The monoisotopic (exact) mass is 429 g/mol. The molecular weight excluding hydrogens is 402 g/mol. The zero-order valence-electron chi connectivity index (χ0n) is 18.2. The van der Waals surface area contributed by atoms with Crippen LogP contribution in [0.2, 0.25) is 0 Å². The molecule has 1 saturated heterocycles. The van der Waals surface area contributed by atoms with Crippen molar-refractivity contribution in [3.05, 3.63) is 66.7 Å². The molecule has 0 aliphatic carbocycles. The number of pyridine rings is 1. The summed E-state index contributed by atoms with van der Waals surface area (Å²) in [5.41, 5.74) is 10.8. The number of imidazole rings is 1. The third-order valence-electron chi connectivity index (χ3n) is 5.76. The Labute approximate surface area is 187 Å². The highest BCUT2D eigenvalue weighted by Gasteiger charge is 2.23. The van der Waals surface area contributed by atoms with Crippen LogP contribution in [0.1, 0.15) is 12.6 Å². The van der Waals surface area contributed by atoms with E-state index in [4.69, 9.17) is 15.5 Å². The molecule has 1 aliphatic heterocycles. The van der Waals surface area contributed by atoms with E-state index in [0.717, 1.165) is 67.0 Å². The number of hydrogen-bond acceptors (Lipinski definition) is 7. The maximum Gasteiger partial charge on any atom is 0.225 e. The smallest absolute Gasteiger partial charge is 0.225 e. The Kier molecular flexibility index (Phi) is 5.60. The second kappa shape index (κ2) is 8.84. The Morgan fingerprint density at radius 3 is 2.53 bits per heavy atom. The van der Waals surface area contributed by atoms with E-state index in [2.05, 4.69) is 30.2 Å². The summed E-state index contributed by atoms with van der Waals surface area (Å²) in [6.07, 6.45) is 5.54. The van der Waals surface area contributed by atoms with E-state index in [1.807, 2.05) is 49.5 Å². The largest absolute Gasteiger partial charge is 0.493 e. The quantitative estimate of drug-likeness (QED) is 0.504. The number of piperazine rings is 1. The van der Waals surface area contributed by atoms with Gasteiger partial charge in [0.15, 0.2) is 0 Å². The summed E-state index contributed by atoms with van der Waals surface area (Å²) in [5, 5.41) is 0. The summed E-state index contributed by atoms with van der Waals surface area (Å²) < 4.78 is 8.02. The van der Waals surface area contributed by atoms with Crippen molar-refractivity contribution in [1.82, 2.24) is 24.3 Å². The average Bonchev–Trinajstić information content (AvgIpc) is 3.18. The molecule has 0 unspecified atom stereocenters. The van der Waals surface area contributed by atoms with Gasteiger partial charge in [-0.25, -0.2) is 15.0 Å². The van der Waals surface area contributed by atoms with Crippen molar-refractivity contribution in [2.75, 3.05) is 43.4 Å². The average molecular weight is 430 g/mol. The number of nitrogens with zero attached hydrogens (tertiary/aromatic N) is 6. The molecule has 0 spiro atoms. The van der Waals surface area contributed by atoms with Crippen molar-refractivity contribution < 1.29 is 4.74 Å². The molecule has 0 atom stereocenters. The molecule has 1 aromatic carbocycles. The number of ether oxygens (including phenoxy) is 1. The lowest BCUT2D eigenvalue weighted by molar-refractivity contribution is 0.245. The van der Waals surface area contributed by atoms with Crippen LogP contribution >= 0.6 is 0 Å². The molecule has 5 rings (SSSR count). The Morgan fingerprint density at radius 1 is 0.969 bits per heavy atom. The minimum Gasteiger partial charge on any atom is -0.493 e. The maximum absolute atomic E-state index is 6.13. The van der Waals surface area contributed by atoms with E-state index >= 15 is 0 Å². The second-order valence-electron chi connectivity index (χ2n) is 7.84. The summed E-state index contributed by atoms with van der Waals surface area (Å²) in [6, 6.07) is 13.8. The van der Waals surface area contributed by atoms with Crippen LogP contribution in [-0.4, -0.2) is 57.0 Å². The van der Waals surface area contributed by atoms with Crippen LogP contribution in [0, 0.1) is 0 Å². The molecule has 8 heteroatoms. The topological polar surface area (TPSA) is 84.8 Å². The molecule has 0 amide bonds. The molecule has 1 aliphatic rings. The number of hydrogen-bond donors (Lipinski definition) is 1. The van der Waals surface area contributed by atoms with E-state index in [1.165, 1.54) is 0 Å². The zero-order chi connectivity index (χ0) is 21.9. The molecule has 2 N–H and O–H groups in total. The van der Waals surface area contributed by atoms with Crippen molar-refractivity contribution >= 4 is 17.3 Å². The highest BCUT2D eigenvalue weighted by Crippen LogP contribution is 2.33. The lowest BCUT2D eigenvalue weighted by Gasteiger charge is -2.34. The molecule has 0 saturated carbocycles. The molecule has 0 bridgehead atoms. The summed E-state index contributed by atoms with van der Waals surface area (Å²) in [7, 11) is 0. The summed E-state index contributed by atoms with van der Waals surface area (Å²) >= 11 is 0. The first-order chi connectivity index (χ1) is 15.7. The molecule has 164 valence electrons. The van der Waals surface area contributed by atoms with E-state index in [1.54, 1.807) is 12.4 Å². The standard InChI is InChI=1S/C24H27N7O/c1-2-32-21-7-4-3-6-19(21)23-20(31-16-18(25)8-9-22(31)28-23)17-29-12-14-30(15-13-29)24-26-10-5-11-27-24/h3-11,16H,2,12-15,17,25H2,1H3. The van der Waals surface area contributed by atoms with Crippen molar-refractivity contribution in [3.63, 3.8) is 0 Å². The number of benzene rings is 1. The lowest BCUT2D eigenvalue weighted by atomic mass is 10.1. The number of para-hydroxylation sites is 1. The molecule has 32 heavy (non-hydrogen) atoms. The summed E-state index contributed by atoms with van der Waals surface area (Å²) in [4.78, 5) is 18.4. The summed E-state index contributed by atoms with van der Waals surface area (Å²) in [6.45, 7) is 6.97. The van der Waals surface area contributed by atoms with Crippen LogP contribution in [0.15, 0.2) is 61.1 Å². The highest BCUT2D eigenvalue weighted by atomic mass is 16.5. The van der Waals surface area contributed by atoms with Gasteiger partial charge in [-0.05, 0) is 37.3 Å². The Morgan fingerprint density at radius 2 is 1.75 bits per heavy atom. The van der Waals surface area contributed by atoms with Gasteiger partial charge in [-0.2, -0.15) is 0 Å². The number of rotatable bonds is 6. The fourth-order valence-corrected chi connectivity index (χ4v) is 4.19. The van der Waals surface area contributed by atoms with Crippen molar-refractivity contribution in [2.24, 2.45) is 0 Å². The van der Waals surface area contributed by atoms with Gasteiger partial charge in [-0.3, -0.25) is 4.90 Å². The van der Waals surface area contributed by atoms with Crippen LogP contribution in [0.4, 0.5) is 11.6 Å². The van der Waals surface area contributed by atoms with Crippen molar-refractivity contribution in [1.29, 1.82) is 0 Å². The predicted octanol–water partition coefficient (Wildman–Crippen LogP) is 3.09.